The van der Waals surface area contributed by atoms with Gasteiger partial charge in [0.1, 0.15) is 5.75 Å². The van der Waals surface area contributed by atoms with Crippen molar-refractivity contribution in [2.75, 3.05) is 13.2 Å². The van der Waals surface area contributed by atoms with E-state index in [1.807, 2.05) is 12.1 Å². The third-order valence-corrected chi connectivity index (χ3v) is 3.04. The maximum Gasteiger partial charge on any atom is 0.119 e. The highest BCUT2D eigenvalue weighted by Gasteiger charge is 2.06. The van der Waals surface area contributed by atoms with E-state index in [1.54, 1.807) is 0 Å². The first kappa shape index (κ1) is 15.0. The molecule has 0 aliphatic rings. The Kier molecular flexibility index (Phi) is 7.51. The molecule has 0 spiro atoms. The van der Waals surface area contributed by atoms with Crippen LogP contribution in [0.2, 0.25) is 0 Å². The Morgan fingerprint density at radius 2 is 2.00 bits per heavy atom. The minimum absolute atomic E-state index is 0.597. The van der Waals surface area contributed by atoms with Crippen molar-refractivity contribution in [2.24, 2.45) is 0 Å². The molecule has 102 valence electrons. The van der Waals surface area contributed by atoms with Gasteiger partial charge in [-0.15, -0.1) is 0 Å². The van der Waals surface area contributed by atoms with Crippen LogP contribution < -0.4 is 10.1 Å². The first-order valence-electron chi connectivity index (χ1n) is 7.19. The van der Waals surface area contributed by atoms with Crippen LogP contribution in [0.3, 0.4) is 0 Å². The molecule has 0 amide bonds. The van der Waals surface area contributed by atoms with E-state index >= 15 is 0 Å². The zero-order chi connectivity index (χ0) is 13.2. The van der Waals surface area contributed by atoms with Crippen molar-refractivity contribution >= 4 is 0 Å². The first-order valence-corrected chi connectivity index (χ1v) is 7.19. The van der Waals surface area contributed by atoms with E-state index in [0.29, 0.717) is 6.04 Å². The summed E-state index contributed by atoms with van der Waals surface area (Å²) in [5, 5.41) is 3.59. The minimum Gasteiger partial charge on any atom is -0.494 e. The van der Waals surface area contributed by atoms with Crippen molar-refractivity contribution in [1.29, 1.82) is 0 Å². The summed E-state index contributed by atoms with van der Waals surface area (Å²) in [6.07, 6.45) is 4.74. The Bertz CT molecular complexity index is 325. The van der Waals surface area contributed by atoms with Crippen molar-refractivity contribution in [3.8, 4) is 5.75 Å². The van der Waals surface area contributed by atoms with Gasteiger partial charge in [0.25, 0.3) is 0 Å². The Morgan fingerprint density at radius 1 is 1.17 bits per heavy atom. The number of nitrogens with one attached hydrogen (secondary N) is 1. The molecule has 1 atom stereocenters. The van der Waals surface area contributed by atoms with Crippen LogP contribution in [0.4, 0.5) is 0 Å². The van der Waals surface area contributed by atoms with Crippen molar-refractivity contribution < 1.29 is 4.74 Å². The quantitative estimate of drug-likeness (QED) is 0.716. The molecule has 0 radical (unpaired) electrons. The van der Waals surface area contributed by atoms with Crippen LogP contribution in [0.15, 0.2) is 24.3 Å². The van der Waals surface area contributed by atoms with Gasteiger partial charge in [-0.3, -0.25) is 0 Å². The van der Waals surface area contributed by atoms with Crippen molar-refractivity contribution in [2.45, 2.75) is 52.5 Å². The Hall–Kier alpha value is -1.02. The van der Waals surface area contributed by atoms with Crippen LogP contribution in [-0.4, -0.2) is 19.2 Å². The van der Waals surface area contributed by atoms with Gasteiger partial charge in [0.15, 0.2) is 0 Å². The molecule has 1 rings (SSSR count). The van der Waals surface area contributed by atoms with Gasteiger partial charge in [-0.2, -0.15) is 0 Å². The van der Waals surface area contributed by atoms with E-state index in [-0.39, 0.29) is 0 Å². The number of rotatable bonds is 9. The number of hydrogen-bond donors (Lipinski definition) is 1. The molecule has 0 fully saturated rings. The normalized spacial score (nSPS) is 12.4. The topological polar surface area (TPSA) is 21.3 Å². The molecule has 0 heterocycles. The predicted octanol–water partition coefficient (Wildman–Crippen LogP) is 3.93. The monoisotopic (exact) mass is 249 g/mol. The average Bonchev–Trinajstić information content (AvgIpc) is 2.36. The fourth-order valence-corrected chi connectivity index (χ4v) is 2.07. The van der Waals surface area contributed by atoms with E-state index in [0.717, 1.165) is 25.3 Å². The van der Waals surface area contributed by atoms with Gasteiger partial charge in [0.05, 0.1) is 6.61 Å². The second kappa shape index (κ2) is 8.98. The maximum absolute atomic E-state index is 5.80. The molecule has 0 aliphatic carbocycles. The lowest BCUT2D eigenvalue weighted by Gasteiger charge is -2.18. The maximum atomic E-state index is 5.80. The third-order valence-electron chi connectivity index (χ3n) is 3.04. The average molecular weight is 249 g/mol. The molecule has 0 saturated heterocycles. The molecule has 0 bridgehead atoms. The Labute approximate surface area is 112 Å². The number of benzene rings is 1. The van der Waals surface area contributed by atoms with Gasteiger partial charge < -0.3 is 10.1 Å². The summed E-state index contributed by atoms with van der Waals surface area (Å²) in [7, 11) is 0. The predicted molar refractivity (Wildman–Crippen MR) is 78.3 cm³/mol. The SMILES string of the molecule is CCCNC(CCC)CCOc1cccc(C)c1. The number of ether oxygens (including phenoxy) is 1. The largest absolute Gasteiger partial charge is 0.494 e. The number of aryl methyl sites for hydroxylation is 1. The summed E-state index contributed by atoms with van der Waals surface area (Å²) in [4.78, 5) is 0. The summed E-state index contributed by atoms with van der Waals surface area (Å²) in [6, 6.07) is 8.86. The molecule has 0 saturated carbocycles. The van der Waals surface area contributed by atoms with Crippen LogP contribution in [0.5, 0.6) is 5.75 Å². The lowest BCUT2D eigenvalue weighted by Crippen LogP contribution is -2.31. The van der Waals surface area contributed by atoms with Gasteiger partial charge in [0, 0.05) is 6.04 Å². The second-order valence-corrected chi connectivity index (χ2v) is 4.89. The third kappa shape index (κ3) is 6.06. The number of hydrogen-bond acceptors (Lipinski definition) is 2. The van der Waals surface area contributed by atoms with Crippen LogP contribution in [0, 0.1) is 6.92 Å². The second-order valence-electron chi connectivity index (χ2n) is 4.89. The van der Waals surface area contributed by atoms with E-state index < -0.39 is 0 Å². The van der Waals surface area contributed by atoms with E-state index in [9.17, 15) is 0 Å². The fraction of sp³-hybridized carbons (Fsp3) is 0.625. The molecule has 18 heavy (non-hydrogen) atoms. The van der Waals surface area contributed by atoms with Crippen molar-refractivity contribution in [3.63, 3.8) is 0 Å². The molecule has 1 aromatic carbocycles. The summed E-state index contributed by atoms with van der Waals surface area (Å²) >= 11 is 0. The molecule has 1 N–H and O–H groups in total. The van der Waals surface area contributed by atoms with E-state index in [2.05, 4.69) is 38.2 Å². The highest BCUT2D eigenvalue weighted by Crippen LogP contribution is 2.13. The molecular formula is C16H27NO. The summed E-state index contributed by atoms with van der Waals surface area (Å²) in [5.41, 5.74) is 1.25. The fourth-order valence-electron chi connectivity index (χ4n) is 2.07. The molecular weight excluding hydrogens is 222 g/mol. The summed E-state index contributed by atoms with van der Waals surface area (Å²) < 4.78 is 5.80. The molecule has 2 heteroatoms. The van der Waals surface area contributed by atoms with Crippen LogP contribution in [0.1, 0.15) is 45.1 Å². The molecule has 0 aliphatic heterocycles. The lowest BCUT2D eigenvalue weighted by atomic mass is 10.1. The first-order chi connectivity index (χ1) is 8.76. The highest BCUT2D eigenvalue weighted by atomic mass is 16.5. The Balaban J connectivity index is 2.29. The standard InChI is InChI=1S/C16H27NO/c1-4-7-15(17-11-5-2)10-12-18-16-9-6-8-14(3)13-16/h6,8-9,13,15,17H,4-5,7,10-12H2,1-3H3. The molecule has 1 unspecified atom stereocenters. The van der Waals surface area contributed by atoms with Crippen LogP contribution in [0.25, 0.3) is 0 Å². The zero-order valence-corrected chi connectivity index (χ0v) is 12.0. The molecule has 1 aromatic rings. The van der Waals surface area contributed by atoms with Crippen molar-refractivity contribution in [3.05, 3.63) is 29.8 Å². The minimum atomic E-state index is 0.597. The van der Waals surface area contributed by atoms with Gasteiger partial charge in [-0.05, 0) is 50.4 Å². The molecule has 0 aromatic heterocycles. The van der Waals surface area contributed by atoms with Gasteiger partial charge in [-0.25, -0.2) is 0 Å². The van der Waals surface area contributed by atoms with Crippen LogP contribution >= 0.6 is 0 Å². The smallest absolute Gasteiger partial charge is 0.119 e. The Morgan fingerprint density at radius 3 is 2.67 bits per heavy atom. The van der Waals surface area contributed by atoms with Gasteiger partial charge in [-0.1, -0.05) is 32.4 Å². The zero-order valence-electron chi connectivity index (χ0n) is 12.0. The van der Waals surface area contributed by atoms with E-state index in [1.165, 1.54) is 24.8 Å². The lowest BCUT2D eigenvalue weighted by molar-refractivity contribution is 0.280. The summed E-state index contributed by atoms with van der Waals surface area (Å²) in [5.74, 6) is 0.987. The highest BCUT2D eigenvalue weighted by molar-refractivity contribution is 5.27. The van der Waals surface area contributed by atoms with Crippen molar-refractivity contribution in [1.82, 2.24) is 5.32 Å². The van der Waals surface area contributed by atoms with Gasteiger partial charge in [0.2, 0.25) is 0 Å². The van der Waals surface area contributed by atoms with E-state index in [4.69, 9.17) is 4.74 Å². The molecule has 2 nitrogen and oxygen atoms in total. The summed E-state index contributed by atoms with van der Waals surface area (Å²) in [6.45, 7) is 8.44. The van der Waals surface area contributed by atoms with Crippen LogP contribution in [-0.2, 0) is 0 Å². The van der Waals surface area contributed by atoms with Gasteiger partial charge >= 0.3 is 0 Å².